The fraction of sp³-hybridized carbons (Fsp3) is 0.444. The summed E-state index contributed by atoms with van der Waals surface area (Å²) in [5.74, 6) is -1.57. The number of benzene rings is 2. The second-order valence-corrected chi connectivity index (χ2v) is 9.57. The molecule has 0 spiro atoms. The molecule has 180 valence electrons. The Morgan fingerprint density at radius 1 is 1.00 bits per heavy atom. The molecule has 0 bridgehead atoms. The number of amides is 2. The van der Waals surface area contributed by atoms with Crippen LogP contribution in [0.4, 0.5) is 4.79 Å². The molecule has 7 nitrogen and oxygen atoms in total. The van der Waals surface area contributed by atoms with Crippen LogP contribution in [0, 0.1) is 11.8 Å². The second kappa shape index (κ2) is 10.3. The molecule has 7 heteroatoms. The normalized spacial score (nSPS) is 19.9. The summed E-state index contributed by atoms with van der Waals surface area (Å²) in [6, 6.07) is 15.6. The Kier molecular flexibility index (Phi) is 7.20. The smallest absolute Gasteiger partial charge is 0.407 e. The summed E-state index contributed by atoms with van der Waals surface area (Å²) in [5.41, 5.74) is 4.63. The maximum atomic E-state index is 12.9. The summed E-state index contributed by atoms with van der Waals surface area (Å²) in [6.45, 7) is 3.99. The van der Waals surface area contributed by atoms with Gasteiger partial charge in [-0.15, -0.1) is 0 Å². The van der Waals surface area contributed by atoms with Crippen molar-refractivity contribution < 1.29 is 24.2 Å². The molecule has 1 saturated carbocycles. The summed E-state index contributed by atoms with van der Waals surface area (Å²) in [6.07, 6.45) is 1.50. The van der Waals surface area contributed by atoms with E-state index < -0.39 is 24.0 Å². The minimum absolute atomic E-state index is 0.00463. The number of carbonyl (C=O) groups is 3. The largest absolute Gasteiger partial charge is 0.481 e. The Bertz CT molecular complexity index is 1020. The van der Waals surface area contributed by atoms with Crippen molar-refractivity contribution in [2.75, 3.05) is 6.61 Å². The van der Waals surface area contributed by atoms with Crippen LogP contribution in [0.15, 0.2) is 48.5 Å². The average molecular weight is 465 g/mol. The number of hydrogen-bond acceptors (Lipinski definition) is 4. The van der Waals surface area contributed by atoms with Gasteiger partial charge in [-0.2, -0.15) is 0 Å². The molecule has 2 aromatic carbocycles. The molecule has 2 aliphatic carbocycles. The van der Waals surface area contributed by atoms with E-state index in [9.17, 15) is 14.4 Å². The lowest BCUT2D eigenvalue weighted by atomic mass is 9.97. The van der Waals surface area contributed by atoms with E-state index in [0.29, 0.717) is 12.8 Å². The number of hydrogen-bond donors (Lipinski definition) is 3. The minimum atomic E-state index is -0.946. The molecule has 2 amide bonds. The molecule has 3 atom stereocenters. The third-order valence-corrected chi connectivity index (χ3v) is 7.03. The van der Waals surface area contributed by atoms with Crippen LogP contribution < -0.4 is 10.6 Å². The number of rotatable bonds is 8. The average Bonchev–Trinajstić information content (AvgIpc) is 3.39. The van der Waals surface area contributed by atoms with Crippen LogP contribution in [-0.2, 0) is 14.3 Å². The van der Waals surface area contributed by atoms with Crippen molar-refractivity contribution >= 4 is 18.0 Å². The van der Waals surface area contributed by atoms with E-state index in [1.54, 1.807) is 0 Å². The third-order valence-electron chi connectivity index (χ3n) is 7.03. The van der Waals surface area contributed by atoms with Crippen molar-refractivity contribution in [2.24, 2.45) is 11.8 Å². The lowest BCUT2D eigenvalue weighted by Crippen LogP contribution is -2.48. The highest BCUT2D eigenvalue weighted by atomic mass is 16.5. The first-order valence-electron chi connectivity index (χ1n) is 12.0. The van der Waals surface area contributed by atoms with Gasteiger partial charge in [0, 0.05) is 18.0 Å². The van der Waals surface area contributed by atoms with Crippen molar-refractivity contribution in [3.05, 3.63) is 59.7 Å². The zero-order valence-corrected chi connectivity index (χ0v) is 19.6. The first-order chi connectivity index (χ1) is 16.3. The van der Waals surface area contributed by atoms with Crippen LogP contribution >= 0.6 is 0 Å². The number of carboxylic acid groups (broad SMARTS) is 1. The molecule has 0 unspecified atom stereocenters. The summed E-state index contributed by atoms with van der Waals surface area (Å²) in [7, 11) is 0. The van der Waals surface area contributed by atoms with Crippen LogP contribution in [-0.4, -0.2) is 41.8 Å². The molecular formula is C27H32N2O5. The summed E-state index contributed by atoms with van der Waals surface area (Å²) in [5, 5.41) is 14.9. The van der Waals surface area contributed by atoms with Gasteiger partial charge in [0.25, 0.3) is 0 Å². The van der Waals surface area contributed by atoms with Gasteiger partial charge >= 0.3 is 12.1 Å². The van der Waals surface area contributed by atoms with Gasteiger partial charge in [-0.25, -0.2) is 4.79 Å². The SMILES string of the molecule is CC(C)[C@@H](CC(=O)O)NC(=O)[C@@H]1CCC[C@@H]1NC(=O)OCC1c2ccccc2-c2ccccc21. The molecule has 4 rings (SSSR count). The molecule has 0 aromatic heterocycles. The molecular weight excluding hydrogens is 432 g/mol. The topological polar surface area (TPSA) is 105 Å². The number of nitrogens with one attached hydrogen (secondary N) is 2. The summed E-state index contributed by atoms with van der Waals surface area (Å²) < 4.78 is 5.64. The highest BCUT2D eigenvalue weighted by Gasteiger charge is 2.36. The monoisotopic (exact) mass is 464 g/mol. The maximum Gasteiger partial charge on any atom is 0.407 e. The van der Waals surface area contributed by atoms with Gasteiger partial charge < -0.3 is 20.5 Å². The van der Waals surface area contributed by atoms with Crippen molar-refractivity contribution in [3.63, 3.8) is 0 Å². The summed E-state index contributed by atoms with van der Waals surface area (Å²) in [4.78, 5) is 36.7. The van der Waals surface area contributed by atoms with Gasteiger partial charge in [-0.05, 0) is 41.0 Å². The molecule has 3 N–H and O–H groups in total. The standard InChI is InChI=1S/C27H32N2O5/c1-16(2)24(14-25(30)31)28-26(32)21-12-7-13-23(21)29-27(33)34-15-22-19-10-5-3-8-17(19)18-9-4-6-11-20(18)22/h3-6,8-11,16,21-24H,7,12-15H2,1-2H3,(H,28,32)(H,29,33)(H,30,31)/t21-,23+,24-/m1/s1. The highest BCUT2D eigenvalue weighted by Crippen LogP contribution is 2.44. The Labute approximate surface area is 199 Å². The molecule has 2 aromatic rings. The van der Waals surface area contributed by atoms with Crippen LogP contribution in [0.25, 0.3) is 11.1 Å². The fourth-order valence-electron chi connectivity index (χ4n) is 5.17. The van der Waals surface area contributed by atoms with E-state index in [2.05, 4.69) is 34.9 Å². The van der Waals surface area contributed by atoms with Gasteiger partial charge in [0.15, 0.2) is 0 Å². The Morgan fingerprint density at radius 2 is 1.62 bits per heavy atom. The van der Waals surface area contributed by atoms with E-state index in [1.165, 1.54) is 11.1 Å². The van der Waals surface area contributed by atoms with E-state index >= 15 is 0 Å². The molecule has 0 saturated heterocycles. The number of fused-ring (bicyclic) bond motifs is 3. The van der Waals surface area contributed by atoms with E-state index in [-0.39, 0.29) is 36.8 Å². The predicted molar refractivity (Wildman–Crippen MR) is 128 cm³/mol. The fourth-order valence-corrected chi connectivity index (χ4v) is 5.17. The van der Waals surface area contributed by atoms with E-state index in [4.69, 9.17) is 9.84 Å². The Balaban J connectivity index is 1.36. The lowest BCUT2D eigenvalue weighted by molar-refractivity contribution is -0.138. The highest BCUT2D eigenvalue weighted by molar-refractivity contribution is 5.82. The van der Waals surface area contributed by atoms with Crippen molar-refractivity contribution in [1.29, 1.82) is 0 Å². The number of aliphatic carboxylic acids is 1. The molecule has 1 fully saturated rings. The minimum Gasteiger partial charge on any atom is -0.481 e. The number of alkyl carbamates (subject to hydrolysis) is 1. The molecule has 34 heavy (non-hydrogen) atoms. The van der Waals surface area contributed by atoms with Crippen LogP contribution in [0.2, 0.25) is 0 Å². The summed E-state index contributed by atoms with van der Waals surface area (Å²) >= 11 is 0. The Morgan fingerprint density at radius 3 is 2.21 bits per heavy atom. The molecule has 0 radical (unpaired) electrons. The first kappa shape index (κ1) is 23.8. The van der Waals surface area contributed by atoms with Gasteiger partial charge in [0.05, 0.1) is 12.3 Å². The molecule has 0 aliphatic heterocycles. The van der Waals surface area contributed by atoms with Gasteiger partial charge in [0.1, 0.15) is 6.61 Å². The molecule has 0 heterocycles. The van der Waals surface area contributed by atoms with Crippen molar-refractivity contribution in [1.82, 2.24) is 10.6 Å². The van der Waals surface area contributed by atoms with E-state index in [0.717, 1.165) is 17.5 Å². The van der Waals surface area contributed by atoms with Crippen LogP contribution in [0.1, 0.15) is 56.6 Å². The van der Waals surface area contributed by atoms with Crippen LogP contribution in [0.3, 0.4) is 0 Å². The quantitative estimate of drug-likeness (QED) is 0.540. The van der Waals surface area contributed by atoms with Crippen molar-refractivity contribution in [2.45, 2.75) is 57.5 Å². The zero-order chi connectivity index (χ0) is 24.2. The number of carbonyl (C=O) groups excluding carboxylic acids is 2. The first-order valence-corrected chi connectivity index (χ1v) is 12.0. The van der Waals surface area contributed by atoms with Gasteiger partial charge in [-0.3, -0.25) is 9.59 Å². The zero-order valence-electron chi connectivity index (χ0n) is 19.6. The Hall–Kier alpha value is -3.35. The van der Waals surface area contributed by atoms with Gasteiger partial charge in [0.2, 0.25) is 5.91 Å². The number of ether oxygens (including phenoxy) is 1. The van der Waals surface area contributed by atoms with Crippen LogP contribution in [0.5, 0.6) is 0 Å². The predicted octanol–water partition coefficient (Wildman–Crippen LogP) is 4.31. The van der Waals surface area contributed by atoms with E-state index in [1.807, 2.05) is 38.1 Å². The number of carboxylic acids is 1. The second-order valence-electron chi connectivity index (χ2n) is 9.57. The molecule has 2 aliphatic rings. The van der Waals surface area contributed by atoms with Gasteiger partial charge in [-0.1, -0.05) is 68.8 Å². The van der Waals surface area contributed by atoms with Crippen molar-refractivity contribution in [3.8, 4) is 11.1 Å². The third kappa shape index (κ3) is 5.08. The maximum absolute atomic E-state index is 12.9. The lowest BCUT2D eigenvalue weighted by Gasteiger charge is -2.25.